The van der Waals surface area contributed by atoms with E-state index in [-0.39, 0.29) is 6.61 Å². The van der Waals surface area contributed by atoms with E-state index in [1.807, 2.05) is 6.07 Å². The molecule has 0 saturated carbocycles. The zero-order valence-electron chi connectivity index (χ0n) is 17.0. The van der Waals surface area contributed by atoms with E-state index in [2.05, 4.69) is 35.1 Å². The molecule has 4 nitrogen and oxygen atoms in total. The lowest BCUT2D eigenvalue weighted by Crippen LogP contribution is -2.35. The molecule has 2 aliphatic rings. The van der Waals surface area contributed by atoms with Crippen LogP contribution in [-0.2, 0) is 13.0 Å². The van der Waals surface area contributed by atoms with Gasteiger partial charge in [-0.05, 0) is 82.7 Å². The molecule has 0 aliphatic carbocycles. The first-order valence-electron chi connectivity index (χ1n) is 10.2. The van der Waals surface area contributed by atoms with Crippen LogP contribution in [0, 0.1) is 12.3 Å². The number of nitrogens with zero attached hydrogens (tertiary/aromatic N) is 1. The summed E-state index contributed by atoms with van der Waals surface area (Å²) in [5.41, 5.74) is 2.88. The zero-order valence-corrected chi connectivity index (χ0v) is 17.0. The molecule has 3 aromatic rings. The van der Waals surface area contributed by atoms with E-state index in [1.54, 1.807) is 14.2 Å². The average Bonchev–Trinajstić information content (AvgIpc) is 3.23. The van der Waals surface area contributed by atoms with Gasteiger partial charge in [0.05, 0.1) is 14.2 Å². The zero-order chi connectivity index (χ0) is 20.0. The number of hydrogen-bond acceptors (Lipinski definition) is 4. The summed E-state index contributed by atoms with van der Waals surface area (Å²) in [6.07, 6.45) is 9.04. The van der Waals surface area contributed by atoms with Crippen molar-refractivity contribution in [2.75, 3.05) is 27.4 Å². The normalized spacial score (nSPS) is 18.3. The van der Waals surface area contributed by atoms with Crippen LogP contribution in [0.4, 0.5) is 0 Å². The Morgan fingerprint density at radius 2 is 1.76 bits per heavy atom. The molecule has 0 bridgehead atoms. The highest BCUT2D eigenvalue weighted by molar-refractivity contribution is 6.12. The molecule has 3 aromatic carbocycles. The molecule has 29 heavy (non-hydrogen) atoms. The van der Waals surface area contributed by atoms with Crippen molar-refractivity contribution in [1.82, 2.24) is 4.90 Å². The lowest BCUT2D eigenvalue weighted by molar-refractivity contribution is 0.229. The van der Waals surface area contributed by atoms with Crippen molar-refractivity contribution < 1.29 is 14.2 Å². The molecule has 0 amide bonds. The molecule has 4 heteroatoms. The molecule has 1 fully saturated rings. The Kier molecular flexibility index (Phi) is 4.49. The number of ether oxygens (including phenoxy) is 3. The lowest BCUT2D eigenvalue weighted by Gasteiger charge is -2.33. The average molecular weight is 387 g/mol. The molecular formula is C25H25NO3. The van der Waals surface area contributed by atoms with Gasteiger partial charge in [0.2, 0.25) is 0 Å². The van der Waals surface area contributed by atoms with Crippen LogP contribution in [0.25, 0.3) is 21.5 Å². The summed E-state index contributed by atoms with van der Waals surface area (Å²) < 4.78 is 17.0. The molecule has 0 unspecified atom stereocenters. The van der Waals surface area contributed by atoms with Crippen LogP contribution in [0.5, 0.6) is 17.2 Å². The van der Waals surface area contributed by atoms with Gasteiger partial charge in [0.15, 0.2) is 11.5 Å². The third kappa shape index (κ3) is 2.89. The Morgan fingerprint density at radius 3 is 2.52 bits per heavy atom. The number of fused-ring (bicyclic) bond motifs is 7. The third-order valence-corrected chi connectivity index (χ3v) is 6.44. The Morgan fingerprint density at radius 1 is 1.00 bits per heavy atom. The van der Waals surface area contributed by atoms with Crippen molar-refractivity contribution in [3.8, 4) is 29.6 Å². The Labute approximate surface area is 171 Å². The van der Waals surface area contributed by atoms with E-state index in [9.17, 15) is 0 Å². The summed E-state index contributed by atoms with van der Waals surface area (Å²) in [7, 11) is 3.38. The van der Waals surface area contributed by atoms with Gasteiger partial charge in [-0.2, -0.15) is 0 Å². The summed E-state index contributed by atoms with van der Waals surface area (Å²) in [6, 6.07) is 11.2. The standard InChI is InChI=1S/C25H25NO3/c1-4-10-29-17-7-8-18-20(12-17)22-14-25(28-3)24(27-2)13-21(22)19-11-16-6-5-9-26(16)15-23(18)19/h1,7-8,12-14,16H,5-6,9-11,15H2,2-3H3/t16-/m0/s1. The minimum atomic E-state index is 0.265. The minimum Gasteiger partial charge on any atom is -0.493 e. The van der Waals surface area contributed by atoms with Gasteiger partial charge >= 0.3 is 0 Å². The van der Waals surface area contributed by atoms with Gasteiger partial charge < -0.3 is 14.2 Å². The second-order valence-electron chi connectivity index (χ2n) is 7.88. The lowest BCUT2D eigenvalue weighted by atomic mass is 9.85. The third-order valence-electron chi connectivity index (χ3n) is 6.44. The smallest absolute Gasteiger partial charge is 0.161 e. The highest BCUT2D eigenvalue weighted by atomic mass is 16.5. The number of rotatable bonds is 4. The Balaban J connectivity index is 1.82. The summed E-state index contributed by atoms with van der Waals surface area (Å²) in [5, 5.41) is 4.89. The largest absolute Gasteiger partial charge is 0.493 e. The minimum absolute atomic E-state index is 0.265. The van der Waals surface area contributed by atoms with Crippen LogP contribution in [-0.4, -0.2) is 38.3 Å². The molecule has 2 heterocycles. The SMILES string of the molecule is C#CCOc1ccc2c3c(c4cc(OC)c(OC)cc4c2c1)C[C@@H]1CCCN1C3. The molecule has 1 atom stereocenters. The van der Waals surface area contributed by atoms with Gasteiger partial charge in [-0.3, -0.25) is 4.90 Å². The van der Waals surface area contributed by atoms with Crippen LogP contribution in [0.15, 0.2) is 30.3 Å². The first-order chi connectivity index (χ1) is 14.2. The van der Waals surface area contributed by atoms with Gasteiger partial charge in [-0.15, -0.1) is 6.42 Å². The number of terminal acetylenes is 1. The van der Waals surface area contributed by atoms with E-state index in [0.717, 1.165) is 30.2 Å². The molecule has 0 N–H and O–H groups in total. The van der Waals surface area contributed by atoms with Crippen LogP contribution < -0.4 is 14.2 Å². The molecule has 0 aromatic heterocycles. The van der Waals surface area contributed by atoms with Gasteiger partial charge in [0.1, 0.15) is 12.4 Å². The second kappa shape index (κ2) is 7.17. The van der Waals surface area contributed by atoms with Crippen molar-refractivity contribution in [3.05, 3.63) is 41.5 Å². The van der Waals surface area contributed by atoms with Crippen molar-refractivity contribution in [3.63, 3.8) is 0 Å². The molecular weight excluding hydrogens is 362 g/mol. The van der Waals surface area contributed by atoms with Crippen molar-refractivity contribution in [2.24, 2.45) is 0 Å². The summed E-state index contributed by atoms with van der Waals surface area (Å²) in [4.78, 5) is 2.64. The van der Waals surface area contributed by atoms with E-state index < -0.39 is 0 Å². The fraction of sp³-hybridized carbons (Fsp3) is 0.360. The van der Waals surface area contributed by atoms with E-state index in [4.69, 9.17) is 20.6 Å². The van der Waals surface area contributed by atoms with Crippen molar-refractivity contribution in [2.45, 2.75) is 31.8 Å². The van der Waals surface area contributed by atoms with E-state index in [1.165, 1.54) is 52.1 Å². The maximum absolute atomic E-state index is 5.72. The molecule has 2 aliphatic heterocycles. The number of methoxy groups -OCH3 is 2. The summed E-state index contributed by atoms with van der Waals surface area (Å²) in [6.45, 7) is 2.46. The van der Waals surface area contributed by atoms with Crippen molar-refractivity contribution >= 4 is 21.5 Å². The van der Waals surface area contributed by atoms with Crippen LogP contribution in [0.2, 0.25) is 0 Å². The predicted octanol–water partition coefficient (Wildman–Crippen LogP) is 4.54. The van der Waals surface area contributed by atoms with Crippen LogP contribution in [0.1, 0.15) is 24.0 Å². The van der Waals surface area contributed by atoms with Crippen LogP contribution in [0.3, 0.4) is 0 Å². The maximum atomic E-state index is 5.72. The van der Waals surface area contributed by atoms with Gasteiger partial charge in [0.25, 0.3) is 0 Å². The fourth-order valence-electron chi connectivity index (χ4n) is 5.09. The molecule has 148 valence electrons. The first kappa shape index (κ1) is 18.1. The Hall–Kier alpha value is -2.90. The van der Waals surface area contributed by atoms with Gasteiger partial charge in [0, 0.05) is 12.6 Å². The van der Waals surface area contributed by atoms with Crippen LogP contribution >= 0.6 is 0 Å². The molecule has 0 spiro atoms. The first-order valence-corrected chi connectivity index (χ1v) is 10.2. The Bertz CT molecular complexity index is 1140. The molecule has 0 radical (unpaired) electrons. The number of benzene rings is 3. The quantitative estimate of drug-likeness (QED) is 0.486. The number of hydrogen-bond donors (Lipinski definition) is 0. The predicted molar refractivity (Wildman–Crippen MR) is 116 cm³/mol. The van der Waals surface area contributed by atoms with Crippen molar-refractivity contribution in [1.29, 1.82) is 0 Å². The van der Waals surface area contributed by atoms with E-state index >= 15 is 0 Å². The summed E-state index contributed by atoms with van der Waals surface area (Å²) in [5.74, 6) is 4.86. The highest BCUT2D eigenvalue weighted by Crippen LogP contribution is 2.44. The van der Waals surface area contributed by atoms with Gasteiger partial charge in [-0.1, -0.05) is 12.0 Å². The van der Waals surface area contributed by atoms with E-state index in [0.29, 0.717) is 6.04 Å². The molecule has 5 rings (SSSR count). The summed E-state index contributed by atoms with van der Waals surface area (Å²) >= 11 is 0. The maximum Gasteiger partial charge on any atom is 0.161 e. The monoisotopic (exact) mass is 387 g/mol. The van der Waals surface area contributed by atoms with Gasteiger partial charge in [-0.25, -0.2) is 0 Å². The highest BCUT2D eigenvalue weighted by Gasteiger charge is 2.32. The second-order valence-corrected chi connectivity index (χ2v) is 7.88. The molecule has 1 saturated heterocycles. The fourth-order valence-corrected chi connectivity index (χ4v) is 5.09. The topological polar surface area (TPSA) is 30.9 Å².